The van der Waals surface area contributed by atoms with Crippen LogP contribution in [-0.2, 0) is 6.54 Å². The Kier molecular flexibility index (Phi) is 6.79. The van der Waals surface area contributed by atoms with Gasteiger partial charge in [0.1, 0.15) is 5.52 Å². The van der Waals surface area contributed by atoms with Gasteiger partial charge in [0.25, 0.3) is 5.95 Å². The molecule has 0 fully saturated rings. The van der Waals surface area contributed by atoms with Gasteiger partial charge in [-0.15, -0.1) is 10.2 Å². The lowest BCUT2D eigenvalue weighted by atomic mass is 10.2. The number of nitrogens with one attached hydrogen (secondary N) is 1. The smallest absolute Gasteiger partial charge is 0.265 e. The molecule has 0 unspecified atom stereocenters. The molecule has 8 heteroatoms. The maximum absolute atomic E-state index is 5.70. The number of hydrogen-bond donors (Lipinski definition) is 1. The summed E-state index contributed by atoms with van der Waals surface area (Å²) in [6.07, 6.45) is 4.80. The highest BCUT2D eigenvalue weighted by molar-refractivity contribution is 6.04. The molecule has 8 nitrogen and oxygen atoms in total. The molecular weight excluding hydrogens is 404 g/mol. The van der Waals surface area contributed by atoms with Crippen LogP contribution in [0.25, 0.3) is 22.1 Å². The first kappa shape index (κ1) is 21.5. The third-order valence-electron chi connectivity index (χ3n) is 5.14. The third-order valence-corrected chi connectivity index (χ3v) is 5.14. The van der Waals surface area contributed by atoms with Gasteiger partial charge in [0.15, 0.2) is 17.1 Å². The molecule has 1 N–H and O–H groups in total. The van der Waals surface area contributed by atoms with Gasteiger partial charge in [-0.2, -0.15) is 10.1 Å². The Morgan fingerprint density at radius 2 is 1.94 bits per heavy atom. The molecule has 2 heterocycles. The van der Waals surface area contributed by atoms with Crippen LogP contribution in [0.4, 0.5) is 5.95 Å². The summed E-state index contributed by atoms with van der Waals surface area (Å²) in [5.41, 5.74) is 6.50. The van der Waals surface area contributed by atoms with Gasteiger partial charge in [0.05, 0.1) is 25.4 Å². The molecule has 0 amide bonds. The van der Waals surface area contributed by atoms with E-state index in [4.69, 9.17) is 14.5 Å². The predicted molar refractivity (Wildman–Crippen MR) is 128 cm³/mol. The Bertz CT molecular complexity index is 1230. The molecule has 0 atom stereocenters. The number of hydrazone groups is 1. The molecule has 0 saturated carbocycles. The molecule has 0 aliphatic heterocycles. The number of methoxy groups -OCH3 is 1. The van der Waals surface area contributed by atoms with Crippen LogP contribution in [-0.4, -0.2) is 39.7 Å². The summed E-state index contributed by atoms with van der Waals surface area (Å²) in [5, 5.41) is 14.0. The molecule has 0 aliphatic rings. The SMILES string of the molecule is CCCCn1c2ccccc2c2nnc(N/N=C/c3ccc(OCCC)c(OC)c3)nc21. The number of anilines is 1. The zero-order chi connectivity index (χ0) is 22.3. The van der Waals surface area contributed by atoms with Gasteiger partial charge in [0.2, 0.25) is 0 Å². The normalized spacial score (nSPS) is 11.5. The van der Waals surface area contributed by atoms with Crippen molar-refractivity contribution < 1.29 is 9.47 Å². The van der Waals surface area contributed by atoms with E-state index >= 15 is 0 Å². The van der Waals surface area contributed by atoms with Crippen molar-refractivity contribution in [3.05, 3.63) is 48.0 Å². The van der Waals surface area contributed by atoms with Crippen LogP contribution in [0.1, 0.15) is 38.7 Å². The van der Waals surface area contributed by atoms with Crippen molar-refractivity contribution in [2.45, 2.75) is 39.7 Å². The molecule has 0 saturated heterocycles. The molecule has 0 bridgehead atoms. The number of nitrogens with zero attached hydrogens (tertiary/aromatic N) is 5. The second-order valence-corrected chi connectivity index (χ2v) is 7.46. The Morgan fingerprint density at radius 3 is 2.75 bits per heavy atom. The maximum atomic E-state index is 5.70. The molecule has 2 aromatic carbocycles. The number of fused-ring (bicyclic) bond motifs is 3. The zero-order valence-electron chi connectivity index (χ0n) is 18.7. The summed E-state index contributed by atoms with van der Waals surface area (Å²) < 4.78 is 13.3. The summed E-state index contributed by atoms with van der Waals surface area (Å²) in [5.74, 6) is 1.74. The van der Waals surface area contributed by atoms with E-state index in [0.29, 0.717) is 18.3 Å². The first-order valence-corrected chi connectivity index (χ1v) is 11.0. The monoisotopic (exact) mass is 432 g/mol. The lowest BCUT2D eigenvalue weighted by Gasteiger charge is -2.10. The number of benzene rings is 2. The fourth-order valence-corrected chi connectivity index (χ4v) is 3.55. The van der Waals surface area contributed by atoms with E-state index in [0.717, 1.165) is 59.2 Å². The van der Waals surface area contributed by atoms with Crippen LogP contribution in [0.2, 0.25) is 0 Å². The van der Waals surface area contributed by atoms with E-state index < -0.39 is 0 Å². The average molecular weight is 433 g/mol. The summed E-state index contributed by atoms with van der Waals surface area (Å²) in [4.78, 5) is 4.70. The molecule has 32 heavy (non-hydrogen) atoms. The second kappa shape index (κ2) is 10.1. The van der Waals surface area contributed by atoms with Crippen LogP contribution < -0.4 is 14.9 Å². The largest absolute Gasteiger partial charge is 0.493 e. The first-order valence-electron chi connectivity index (χ1n) is 11.0. The van der Waals surface area contributed by atoms with E-state index in [1.54, 1.807) is 13.3 Å². The lowest BCUT2D eigenvalue weighted by molar-refractivity contribution is 0.294. The summed E-state index contributed by atoms with van der Waals surface area (Å²) in [6, 6.07) is 13.9. The van der Waals surface area contributed by atoms with E-state index in [1.807, 2.05) is 30.3 Å². The van der Waals surface area contributed by atoms with Gasteiger partial charge in [-0.1, -0.05) is 38.5 Å². The highest BCUT2D eigenvalue weighted by Crippen LogP contribution is 2.28. The van der Waals surface area contributed by atoms with Gasteiger partial charge < -0.3 is 14.0 Å². The van der Waals surface area contributed by atoms with Crippen LogP contribution in [0, 0.1) is 0 Å². The fourth-order valence-electron chi connectivity index (χ4n) is 3.55. The minimum atomic E-state index is 0.351. The van der Waals surface area contributed by atoms with Gasteiger partial charge in [-0.3, -0.25) is 0 Å². The molecule has 0 radical (unpaired) electrons. The Hall–Kier alpha value is -3.68. The number of ether oxygens (including phenoxy) is 2. The average Bonchev–Trinajstić information content (AvgIpc) is 3.14. The zero-order valence-corrected chi connectivity index (χ0v) is 18.7. The summed E-state index contributed by atoms with van der Waals surface area (Å²) in [6.45, 7) is 5.78. The Labute approximate surface area is 187 Å². The Morgan fingerprint density at radius 1 is 1.06 bits per heavy atom. The third kappa shape index (κ3) is 4.49. The van der Waals surface area contributed by atoms with Crippen molar-refractivity contribution in [1.29, 1.82) is 0 Å². The molecule has 2 aromatic heterocycles. The molecule has 4 rings (SSSR count). The highest BCUT2D eigenvalue weighted by Gasteiger charge is 2.14. The van der Waals surface area contributed by atoms with E-state index in [2.05, 4.69) is 51.3 Å². The van der Waals surface area contributed by atoms with Crippen LogP contribution >= 0.6 is 0 Å². The molecule has 0 spiro atoms. The number of unbranched alkanes of at least 4 members (excludes halogenated alkanes) is 1. The Balaban J connectivity index is 1.57. The standard InChI is InChI=1S/C24H28N6O2/c1-4-6-13-30-19-10-8-7-9-18(19)22-23(30)26-24(29-27-22)28-25-16-17-11-12-20(32-14-5-2)21(15-17)31-3/h7-12,15-16H,4-6,13-14H2,1-3H3,(H,26,28,29)/b25-16+. The van der Waals surface area contributed by atoms with Crippen molar-refractivity contribution in [3.8, 4) is 11.5 Å². The van der Waals surface area contributed by atoms with E-state index in [-0.39, 0.29) is 0 Å². The quantitative estimate of drug-likeness (QED) is 0.280. The van der Waals surface area contributed by atoms with Crippen molar-refractivity contribution in [1.82, 2.24) is 19.7 Å². The van der Waals surface area contributed by atoms with Gasteiger partial charge in [-0.25, -0.2) is 5.43 Å². The highest BCUT2D eigenvalue weighted by atomic mass is 16.5. The molecule has 4 aromatic rings. The van der Waals surface area contributed by atoms with Crippen molar-refractivity contribution >= 4 is 34.2 Å². The van der Waals surface area contributed by atoms with Gasteiger partial charge in [0, 0.05) is 11.9 Å². The topological polar surface area (TPSA) is 86.5 Å². The van der Waals surface area contributed by atoms with Crippen molar-refractivity contribution in [2.24, 2.45) is 5.10 Å². The molecule has 166 valence electrons. The summed E-state index contributed by atoms with van der Waals surface area (Å²) in [7, 11) is 1.62. The number of hydrogen-bond acceptors (Lipinski definition) is 7. The minimum Gasteiger partial charge on any atom is -0.493 e. The lowest BCUT2D eigenvalue weighted by Crippen LogP contribution is -2.03. The predicted octanol–water partition coefficient (Wildman–Crippen LogP) is 5.02. The van der Waals surface area contributed by atoms with Crippen LogP contribution in [0.5, 0.6) is 11.5 Å². The first-order chi connectivity index (χ1) is 15.7. The number of rotatable bonds is 10. The van der Waals surface area contributed by atoms with Crippen LogP contribution in [0.15, 0.2) is 47.6 Å². The van der Waals surface area contributed by atoms with Gasteiger partial charge in [-0.05, 0) is 42.7 Å². The van der Waals surface area contributed by atoms with Crippen LogP contribution in [0.3, 0.4) is 0 Å². The minimum absolute atomic E-state index is 0.351. The number of para-hydroxylation sites is 1. The number of aromatic nitrogens is 4. The summed E-state index contributed by atoms with van der Waals surface area (Å²) >= 11 is 0. The van der Waals surface area contributed by atoms with E-state index in [9.17, 15) is 0 Å². The maximum Gasteiger partial charge on any atom is 0.265 e. The van der Waals surface area contributed by atoms with Crippen molar-refractivity contribution in [3.63, 3.8) is 0 Å². The second-order valence-electron chi connectivity index (χ2n) is 7.46. The van der Waals surface area contributed by atoms with E-state index in [1.165, 1.54) is 0 Å². The molecule has 0 aliphatic carbocycles. The molecular formula is C24H28N6O2. The van der Waals surface area contributed by atoms with Crippen molar-refractivity contribution in [2.75, 3.05) is 19.1 Å². The number of aryl methyl sites for hydroxylation is 1. The fraction of sp³-hybridized carbons (Fsp3) is 0.333. The van der Waals surface area contributed by atoms with Gasteiger partial charge >= 0.3 is 0 Å².